The number of nitrogens with zero attached hydrogens (tertiary/aromatic N) is 3. The average Bonchev–Trinajstić information content (AvgIpc) is 2.84. The van der Waals surface area contributed by atoms with Crippen LogP contribution < -0.4 is 16.0 Å². The lowest BCUT2D eigenvalue weighted by Gasteiger charge is -2.29. The number of hydrogen-bond acceptors (Lipinski definition) is 9. The van der Waals surface area contributed by atoms with E-state index in [9.17, 15) is 22.7 Å². The number of benzene rings is 2. The maximum Gasteiger partial charge on any atom is 0.255 e. The summed E-state index contributed by atoms with van der Waals surface area (Å²) in [5, 5.41) is 10.9. The van der Waals surface area contributed by atoms with Gasteiger partial charge in [-0.25, -0.2) is 22.8 Å². The number of phenolic OH excluding ortho intramolecular Hbond substituents is 1. The molecule has 2 heterocycles. The number of amides is 1. The molecule has 1 saturated heterocycles. The van der Waals surface area contributed by atoms with Crippen molar-refractivity contribution in [3.63, 3.8) is 0 Å². The number of rotatable bonds is 6. The third kappa shape index (κ3) is 5.17. The van der Waals surface area contributed by atoms with Gasteiger partial charge in [-0.1, -0.05) is 6.07 Å². The Bertz CT molecular complexity index is 1320. The van der Waals surface area contributed by atoms with Gasteiger partial charge in [0.25, 0.3) is 5.91 Å². The number of aromatic nitrogens is 2. The van der Waals surface area contributed by atoms with Crippen LogP contribution >= 0.6 is 0 Å². The molecule has 35 heavy (non-hydrogen) atoms. The monoisotopic (exact) mass is 501 g/mol. The number of nitrogens with one attached hydrogen (secondary N) is 1. The summed E-state index contributed by atoms with van der Waals surface area (Å²) < 4.78 is 45.5. The number of carbonyl (C=O) groups is 1. The standard InChI is InChI=1S/C23H24FN5O5S/c1-14(21-19(25)3-2-4-20(21)30)35(32,33)23-26-12-17(13-27-23)28-22(31)15-9-16(24)11-18(10-15)29-5-7-34-8-6-29/h2-4,9-14,30H,5-8,25H2,1H3,(H,28,31). The number of ether oxygens (including phenoxy) is 1. The molecular formula is C23H24FN5O5S. The molecule has 0 spiro atoms. The Balaban J connectivity index is 1.51. The maximum absolute atomic E-state index is 14.2. The molecule has 184 valence electrons. The third-order valence-corrected chi connectivity index (χ3v) is 7.54. The van der Waals surface area contributed by atoms with Crippen molar-refractivity contribution in [3.8, 4) is 5.75 Å². The minimum absolute atomic E-state index is 0.0515. The van der Waals surface area contributed by atoms with Crippen LogP contribution in [-0.4, -0.2) is 55.7 Å². The van der Waals surface area contributed by atoms with Crippen LogP contribution in [0.15, 0.2) is 53.9 Å². The fourth-order valence-electron chi connectivity index (χ4n) is 3.77. The summed E-state index contributed by atoms with van der Waals surface area (Å²) in [5.41, 5.74) is 6.80. The molecule has 4 N–H and O–H groups in total. The van der Waals surface area contributed by atoms with Gasteiger partial charge in [0, 0.05) is 35.6 Å². The lowest BCUT2D eigenvalue weighted by Crippen LogP contribution is -2.36. The number of carbonyl (C=O) groups excluding carboxylic acids is 1. The fourth-order valence-corrected chi connectivity index (χ4v) is 5.05. The van der Waals surface area contributed by atoms with E-state index in [0.717, 1.165) is 18.5 Å². The number of anilines is 3. The van der Waals surface area contributed by atoms with Crippen LogP contribution in [0.4, 0.5) is 21.5 Å². The zero-order valence-corrected chi connectivity index (χ0v) is 19.6. The number of sulfone groups is 1. The molecule has 0 radical (unpaired) electrons. The molecule has 12 heteroatoms. The van der Waals surface area contributed by atoms with E-state index >= 15 is 0 Å². The topological polar surface area (TPSA) is 148 Å². The van der Waals surface area contributed by atoms with Gasteiger partial charge < -0.3 is 25.8 Å². The van der Waals surface area contributed by atoms with E-state index in [4.69, 9.17) is 10.5 Å². The molecule has 0 bridgehead atoms. The second-order valence-electron chi connectivity index (χ2n) is 7.97. The van der Waals surface area contributed by atoms with E-state index in [0.29, 0.717) is 32.0 Å². The van der Waals surface area contributed by atoms with Crippen LogP contribution in [-0.2, 0) is 14.6 Å². The summed E-state index contributed by atoms with van der Waals surface area (Å²) in [6.07, 6.45) is 2.28. The lowest BCUT2D eigenvalue weighted by molar-refractivity contribution is 0.102. The largest absolute Gasteiger partial charge is 0.508 e. The second kappa shape index (κ2) is 9.84. The quantitative estimate of drug-likeness (QED) is 0.342. The van der Waals surface area contributed by atoms with E-state index in [-0.39, 0.29) is 28.3 Å². The minimum Gasteiger partial charge on any atom is -0.508 e. The number of nitrogens with two attached hydrogens (primary N) is 1. The van der Waals surface area contributed by atoms with Crippen molar-refractivity contribution >= 4 is 32.8 Å². The van der Waals surface area contributed by atoms with Crippen LogP contribution in [0.1, 0.15) is 28.1 Å². The lowest BCUT2D eigenvalue weighted by atomic mass is 10.1. The van der Waals surface area contributed by atoms with E-state index in [2.05, 4.69) is 15.3 Å². The molecule has 10 nitrogen and oxygen atoms in total. The molecule has 0 saturated carbocycles. The summed E-state index contributed by atoms with van der Waals surface area (Å²) in [4.78, 5) is 22.4. The minimum atomic E-state index is -4.10. The highest BCUT2D eigenvalue weighted by Gasteiger charge is 2.31. The molecule has 1 aliphatic rings. The van der Waals surface area contributed by atoms with Gasteiger partial charge in [0.2, 0.25) is 15.0 Å². The van der Waals surface area contributed by atoms with Crippen molar-refractivity contribution in [2.45, 2.75) is 17.3 Å². The summed E-state index contributed by atoms with van der Waals surface area (Å²) in [5.74, 6) is -1.42. The van der Waals surface area contributed by atoms with Crippen LogP contribution in [0.25, 0.3) is 0 Å². The second-order valence-corrected chi connectivity index (χ2v) is 10.1. The molecule has 4 rings (SSSR count). The Labute approximate surface area is 201 Å². The summed E-state index contributed by atoms with van der Waals surface area (Å²) in [7, 11) is -4.10. The average molecular weight is 502 g/mol. The van der Waals surface area contributed by atoms with E-state index in [1.165, 1.54) is 31.2 Å². The molecular weight excluding hydrogens is 477 g/mol. The van der Waals surface area contributed by atoms with Gasteiger partial charge in [-0.05, 0) is 37.3 Å². The first-order valence-corrected chi connectivity index (χ1v) is 12.3. The fraction of sp³-hybridized carbons (Fsp3) is 0.261. The van der Waals surface area contributed by atoms with Gasteiger partial charge in [0.15, 0.2) is 0 Å². The molecule has 1 aromatic heterocycles. The van der Waals surface area contributed by atoms with Crippen molar-refractivity contribution < 1.29 is 27.4 Å². The van der Waals surface area contributed by atoms with Crippen molar-refractivity contribution in [1.29, 1.82) is 0 Å². The summed E-state index contributed by atoms with van der Waals surface area (Å²) in [6.45, 7) is 3.56. The Morgan fingerprint density at radius 2 is 1.89 bits per heavy atom. The van der Waals surface area contributed by atoms with E-state index in [1.54, 1.807) is 6.07 Å². The van der Waals surface area contributed by atoms with Gasteiger partial charge in [0.1, 0.15) is 11.6 Å². The molecule has 3 aromatic rings. The molecule has 1 unspecified atom stereocenters. The predicted octanol–water partition coefficient (Wildman–Crippen LogP) is 2.53. The van der Waals surface area contributed by atoms with Crippen LogP contribution in [0.3, 0.4) is 0 Å². The number of halogens is 1. The number of phenols is 1. The van der Waals surface area contributed by atoms with Crippen molar-refractivity contribution in [1.82, 2.24) is 9.97 Å². The highest BCUT2D eigenvalue weighted by atomic mass is 32.2. The van der Waals surface area contributed by atoms with Crippen molar-refractivity contribution in [2.24, 2.45) is 0 Å². The van der Waals surface area contributed by atoms with Gasteiger partial charge in [-0.15, -0.1) is 0 Å². The summed E-state index contributed by atoms with van der Waals surface area (Å²) >= 11 is 0. The first-order valence-electron chi connectivity index (χ1n) is 10.7. The number of aromatic hydroxyl groups is 1. The highest BCUT2D eigenvalue weighted by molar-refractivity contribution is 7.91. The van der Waals surface area contributed by atoms with Gasteiger partial charge >= 0.3 is 0 Å². The Morgan fingerprint density at radius 3 is 2.54 bits per heavy atom. The van der Waals surface area contributed by atoms with Gasteiger partial charge in [-0.2, -0.15) is 0 Å². The summed E-state index contributed by atoms with van der Waals surface area (Å²) in [6, 6.07) is 8.36. The molecule has 1 amide bonds. The first kappa shape index (κ1) is 24.4. The molecule has 0 aliphatic carbocycles. The Morgan fingerprint density at radius 1 is 1.20 bits per heavy atom. The zero-order valence-electron chi connectivity index (χ0n) is 18.8. The van der Waals surface area contributed by atoms with Crippen LogP contribution in [0.5, 0.6) is 5.75 Å². The zero-order chi connectivity index (χ0) is 25.2. The maximum atomic E-state index is 14.2. The van der Waals surface area contributed by atoms with Gasteiger partial charge in [-0.3, -0.25) is 4.79 Å². The van der Waals surface area contributed by atoms with E-state index in [1.807, 2.05) is 4.90 Å². The third-order valence-electron chi connectivity index (χ3n) is 5.65. The number of morpholine rings is 1. The Hall–Kier alpha value is -3.77. The van der Waals surface area contributed by atoms with Crippen molar-refractivity contribution in [2.75, 3.05) is 42.3 Å². The number of nitrogen functional groups attached to an aromatic ring is 1. The molecule has 2 aromatic carbocycles. The highest BCUT2D eigenvalue weighted by Crippen LogP contribution is 2.36. The van der Waals surface area contributed by atoms with Crippen molar-refractivity contribution in [3.05, 3.63) is 65.7 Å². The van der Waals surface area contributed by atoms with Crippen LogP contribution in [0.2, 0.25) is 0 Å². The Kier molecular flexibility index (Phi) is 6.85. The molecule has 1 aliphatic heterocycles. The normalized spacial score (nSPS) is 15.0. The van der Waals surface area contributed by atoms with Gasteiger partial charge in [0.05, 0.1) is 36.5 Å². The number of hydrogen-bond donors (Lipinski definition) is 3. The SMILES string of the molecule is CC(c1c(N)cccc1O)S(=O)(=O)c1ncc(NC(=O)c2cc(F)cc(N3CCOCC3)c2)cn1. The molecule has 1 fully saturated rings. The smallest absolute Gasteiger partial charge is 0.255 e. The predicted molar refractivity (Wildman–Crippen MR) is 128 cm³/mol. The molecule has 1 atom stereocenters. The first-order chi connectivity index (χ1) is 16.7. The van der Waals surface area contributed by atoms with Crippen LogP contribution in [0, 0.1) is 5.82 Å². The van der Waals surface area contributed by atoms with E-state index < -0.39 is 32.0 Å².